The van der Waals surface area contributed by atoms with E-state index in [0.717, 1.165) is 46.0 Å². The largest absolute Gasteiger partial charge is 0.480 e. The summed E-state index contributed by atoms with van der Waals surface area (Å²) in [7, 11) is 3.67. The predicted octanol–water partition coefficient (Wildman–Crippen LogP) is 14.1. The van der Waals surface area contributed by atoms with Gasteiger partial charge in [-0.05, 0) is 38.5 Å². The molecule has 7 rings (SSSR count). The van der Waals surface area contributed by atoms with Gasteiger partial charge in [0.25, 0.3) is 5.56 Å². The van der Waals surface area contributed by atoms with Crippen molar-refractivity contribution in [2.75, 3.05) is 25.6 Å². The van der Waals surface area contributed by atoms with Crippen molar-refractivity contribution in [3.63, 3.8) is 0 Å². The van der Waals surface area contributed by atoms with Gasteiger partial charge in [-0.2, -0.15) is 0 Å². The fourth-order valence-electron chi connectivity index (χ4n) is 5.49. The lowest BCUT2D eigenvalue weighted by molar-refractivity contribution is 0.389. The van der Waals surface area contributed by atoms with Crippen LogP contribution in [0.1, 0.15) is 180 Å². The van der Waals surface area contributed by atoms with Crippen LogP contribution >= 0.6 is 11.3 Å². The Morgan fingerprint density at radius 1 is 0.562 bits per heavy atom. The molecule has 0 radical (unpaired) electrons. The fraction of sp³-hybridized carbons (Fsp3) is 0.517. The third-order valence-corrected chi connectivity index (χ3v) is 11.1. The van der Waals surface area contributed by atoms with Gasteiger partial charge in [0.2, 0.25) is 5.88 Å². The molecule has 0 unspecified atom stereocenters. The van der Waals surface area contributed by atoms with Crippen molar-refractivity contribution in [3.05, 3.63) is 148 Å². The Labute approximate surface area is 445 Å². The zero-order valence-corrected chi connectivity index (χ0v) is 45.9. The Balaban J connectivity index is 0. The van der Waals surface area contributed by atoms with Crippen molar-refractivity contribution >= 4 is 16.5 Å². The van der Waals surface area contributed by atoms with Crippen LogP contribution in [-0.2, 0) is 27.1 Å². The fourth-order valence-corrected chi connectivity index (χ4v) is 6.57. The third kappa shape index (κ3) is 22.6. The van der Waals surface area contributed by atoms with Crippen LogP contribution in [0.25, 0.3) is 11.6 Å². The first-order valence-electron chi connectivity index (χ1n) is 23.2. The number of ether oxygens (including phenoxy) is 1. The highest BCUT2D eigenvalue weighted by molar-refractivity contribution is 7.13. The van der Waals surface area contributed by atoms with E-state index in [1.54, 1.807) is 67.8 Å². The number of aromatic nitrogens is 11. The normalized spacial score (nSPS) is 11.0. The van der Waals surface area contributed by atoms with E-state index >= 15 is 0 Å². The van der Waals surface area contributed by atoms with E-state index in [-0.39, 0.29) is 62.3 Å². The maximum atomic E-state index is 11.6. The number of nitrogens with zero attached hydrogens (tertiary/aromatic N) is 12. The van der Waals surface area contributed by atoms with E-state index in [1.807, 2.05) is 42.5 Å². The van der Waals surface area contributed by atoms with Crippen LogP contribution < -0.4 is 15.2 Å². The molecule has 0 atom stereocenters. The van der Waals surface area contributed by atoms with Gasteiger partial charge >= 0.3 is 0 Å². The SMILES string of the molecule is C.C.C.C.CC(C)(C)c1cnc(-n2ccccc2=O)cn1.CCN(C)c1nc(C(C)(C)C)cs1.COc1cncc(C(C)(C)C)n1.Cc1ccn(-c2cnc(C(C)(C)C)cn2)c1.Cc1cncc(C(C)(C)C)n1. The van der Waals surface area contributed by atoms with Gasteiger partial charge in [0, 0.05) is 89.3 Å². The molecule has 0 aliphatic heterocycles. The molecule has 0 N–H and O–H groups in total. The highest BCUT2D eigenvalue weighted by atomic mass is 32.1. The summed E-state index contributed by atoms with van der Waals surface area (Å²) in [4.78, 5) is 52.6. The molecule has 0 aliphatic carbocycles. The van der Waals surface area contributed by atoms with Crippen LogP contribution in [0.15, 0.2) is 103 Å². The molecule has 0 amide bonds. The first-order chi connectivity index (χ1) is 31.9. The molecule has 0 fully saturated rings. The summed E-state index contributed by atoms with van der Waals surface area (Å²) in [5.41, 5.74) is 7.54. The summed E-state index contributed by atoms with van der Waals surface area (Å²) in [5, 5.41) is 3.27. The topological polar surface area (TPSA) is 155 Å². The van der Waals surface area contributed by atoms with Gasteiger partial charge < -0.3 is 14.2 Å². The van der Waals surface area contributed by atoms with Crippen LogP contribution in [0.5, 0.6) is 5.88 Å². The van der Waals surface area contributed by atoms with Gasteiger partial charge in [-0.25, -0.2) is 19.9 Å². The highest BCUT2D eigenvalue weighted by Crippen LogP contribution is 2.28. The van der Waals surface area contributed by atoms with E-state index in [4.69, 9.17) is 4.74 Å². The minimum Gasteiger partial charge on any atom is -0.480 e. The molecule has 0 spiro atoms. The van der Waals surface area contributed by atoms with Crippen molar-refractivity contribution < 1.29 is 4.74 Å². The molecule has 404 valence electrons. The second-order valence-electron chi connectivity index (χ2n) is 21.8. The summed E-state index contributed by atoms with van der Waals surface area (Å²) >= 11 is 1.72. The van der Waals surface area contributed by atoms with Gasteiger partial charge in [-0.15, -0.1) is 11.3 Å². The Kier molecular flexibility index (Phi) is 27.8. The molecule has 15 heteroatoms. The van der Waals surface area contributed by atoms with E-state index < -0.39 is 0 Å². The quantitative estimate of drug-likeness (QED) is 0.161. The average Bonchev–Trinajstić information content (AvgIpc) is 3.97. The van der Waals surface area contributed by atoms with Crippen molar-refractivity contribution in [1.29, 1.82) is 0 Å². The molecule has 0 aliphatic rings. The number of hydrogen-bond acceptors (Lipinski definition) is 13. The Morgan fingerprint density at radius 3 is 1.44 bits per heavy atom. The maximum absolute atomic E-state index is 11.6. The van der Waals surface area contributed by atoms with Crippen molar-refractivity contribution in [2.24, 2.45) is 0 Å². The minimum absolute atomic E-state index is 0. The molecule has 7 aromatic rings. The lowest BCUT2D eigenvalue weighted by Crippen LogP contribution is -2.19. The van der Waals surface area contributed by atoms with Crippen LogP contribution in [0.3, 0.4) is 0 Å². The van der Waals surface area contributed by atoms with Gasteiger partial charge in [0.15, 0.2) is 16.8 Å². The summed E-state index contributed by atoms with van der Waals surface area (Å²) in [6.07, 6.45) is 19.7. The Hall–Kier alpha value is -6.22. The van der Waals surface area contributed by atoms with Crippen LogP contribution in [-0.4, -0.2) is 74.7 Å². The summed E-state index contributed by atoms with van der Waals surface area (Å²) < 4.78 is 8.43. The zero-order chi connectivity index (χ0) is 52.0. The number of aryl methyl sites for hydroxylation is 2. The number of pyridine rings is 1. The van der Waals surface area contributed by atoms with E-state index in [1.165, 1.54) is 21.9 Å². The minimum atomic E-state index is -0.106. The molecule has 14 nitrogen and oxygen atoms in total. The number of methoxy groups -OCH3 is 1. The average molecular weight is 1020 g/mol. The maximum Gasteiger partial charge on any atom is 0.256 e. The molecular formula is C58H94N12O2S. The second-order valence-corrected chi connectivity index (χ2v) is 22.6. The first-order valence-corrected chi connectivity index (χ1v) is 24.1. The van der Waals surface area contributed by atoms with Crippen molar-refractivity contribution in [1.82, 2.24) is 54.0 Å². The van der Waals surface area contributed by atoms with E-state index in [9.17, 15) is 4.79 Å². The molecule has 0 aromatic carbocycles. The Bertz CT molecular complexity index is 2670. The van der Waals surface area contributed by atoms with Gasteiger partial charge in [-0.1, -0.05) is 140 Å². The summed E-state index contributed by atoms with van der Waals surface area (Å²) in [6, 6.07) is 7.05. The lowest BCUT2D eigenvalue weighted by Gasteiger charge is -2.17. The van der Waals surface area contributed by atoms with Gasteiger partial charge in [0.05, 0.1) is 72.3 Å². The number of thiazole rings is 1. The highest BCUT2D eigenvalue weighted by Gasteiger charge is 2.20. The standard InChI is InChI=1S/C13H15N3O.C13H17N3.C10H18N2S.C9H14N2O.C9H14N2.4CH4/c1-13(2,3)10-8-15-11(9-14-10)16-7-5-4-6-12(16)17;1-10-5-6-16(9-10)12-8-14-11(7-15-12)13(2,3)4;1-6-12(5)9-11-8(7-13-9)10(2,3)4;1-9(2,3)7-5-10-6-8(11-7)12-4;1-7-5-10-6-8(11-7)9(2,3)4;;;;/h4-9H,1-3H3;5-9H,1-4H3;7H,6H2,1-5H3;5-6H,1-4H3;5-6H,1-4H3;4*1H4. The number of rotatable bonds is 5. The predicted molar refractivity (Wildman–Crippen MR) is 311 cm³/mol. The van der Waals surface area contributed by atoms with Crippen LogP contribution in [0.4, 0.5) is 5.13 Å². The van der Waals surface area contributed by atoms with E-state index in [2.05, 4.69) is 186 Å². The third-order valence-electron chi connectivity index (χ3n) is 10.2. The zero-order valence-electron chi connectivity index (χ0n) is 45.0. The first kappa shape index (κ1) is 68.9. The number of anilines is 1. The van der Waals surface area contributed by atoms with Crippen molar-refractivity contribution in [2.45, 2.75) is 181 Å². The molecule has 7 aromatic heterocycles. The van der Waals surface area contributed by atoms with Crippen LogP contribution in [0, 0.1) is 13.8 Å². The monoisotopic (exact) mass is 1020 g/mol. The summed E-state index contributed by atoms with van der Waals surface area (Å²) in [6.45, 7) is 39.1. The molecule has 7 heterocycles. The molecule has 0 saturated heterocycles. The lowest BCUT2D eigenvalue weighted by atomic mass is 9.93. The number of hydrogen-bond donors (Lipinski definition) is 0. The summed E-state index contributed by atoms with van der Waals surface area (Å²) in [5.74, 6) is 1.98. The van der Waals surface area contributed by atoms with Gasteiger partial charge in [-0.3, -0.25) is 34.3 Å². The molecular weight excluding hydrogens is 929 g/mol. The van der Waals surface area contributed by atoms with Gasteiger partial charge in [0.1, 0.15) is 0 Å². The Morgan fingerprint density at radius 2 is 1.05 bits per heavy atom. The van der Waals surface area contributed by atoms with E-state index in [0.29, 0.717) is 11.7 Å². The molecule has 0 bridgehead atoms. The van der Waals surface area contributed by atoms with Crippen LogP contribution in [0.2, 0.25) is 0 Å². The second kappa shape index (κ2) is 29.5. The molecule has 0 saturated carbocycles. The van der Waals surface area contributed by atoms with Crippen molar-refractivity contribution in [3.8, 4) is 17.5 Å². The smallest absolute Gasteiger partial charge is 0.256 e. The molecule has 73 heavy (non-hydrogen) atoms.